The first-order chi connectivity index (χ1) is 8.24. The smallest absolute Gasteiger partial charge is 0.321 e. The Kier molecular flexibility index (Phi) is 4.09. The van der Waals surface area contributed by atoms with E-state index in [4.69, 9.17) is 0 Å². The summed E-state index contributed by atoms with van der Waals surface area (Å²) < 4.78 is 11.8. The van der Waals surface area contributed by atoms with Gasteiger partial charge in [-0.15, -0.1) is 0 Å². The fourth-order valence-corrected chi connectivity index (χ4v) is 3.18. The Labute approximate surface area is 116 Å². The van der Waals surface area contributed by atoms with Gasteiger partial charge < -0.3 is 9.79 Å². The number of rotatable bonds is 1. The highest BCUT2D eigenvalue weighted by Crippen LogP contribution is 2.40. The highest BCUT2D eigenvalue weighted by Gasteiger charge is 2.30. The van der Waals surface area contributed by atoms with E-state index in [1.54, 1.807) is 6.07 Å². The van der Waals surface area contributed by atoms with E-state index < -0.39 is 7.60 Å². The van der Waals surface area contributed by atoms with Crippen LogP contribution in [0.4, 0.5) is 0 Å². The van der Waals surface area contributed by atoms with Gasteiger partial charge in [0.2, 0.25) is 0 Å². The molecule has 0 atom stereocenters. The Balaban J connectivity index is 3.71. The topological polar surface area (TPSA) is 57.5 Å². The van der Waals surface area contributed by atoms with Crippen LogP contribution < -0.4 is 5.30 Å². The van der Waals surface area contributed by atoms with Gasteiger partial charge in [0, 0.05) is 0 Å². The Morgan fingerprint density at radius 2 is 1.37 bits per heavy atom. The molecule has 0 bridgehead atoms. The maximum atomic E-state index is 11.8. The fraction of sp³-hybridized carbons (Fsp3) is 0.533. The van der Waals surface area contributed by atoms with Crippen LogP contribution in [-0.2, 0) is 15.4 Å². The van der Waals surface area contributed by atoms with Gasteiger partial charge in [-0.05, 0) is 40.5 Å². The van der Waals surface area contributed by atoms with Crippen molar-refractivity contribution >= 4 is 12.9 Å². The van der Waals surface area contributed by atoms with E-state index in [-0.39, 0.29) is 16.1 Å². The quantitative estimate of drug-likeness (QED) is 0.778. The van der Waals surface area contributed by atoms with Crippen molar-refractivity contribution in [2.75, 3.05) is 0 Å². The Morgan fingerprint density at radius 1 is 0.947 bits per heavy atom. The van der Waals surface area contributed by atoms with Crippen LogP contribution in [0.15, 0.2) is 12.1 Å². The number of hydrogen-bond acceptors (Lipinski definition) is 1. The maximum absolute atomic E-state index is 11.8. The van der Waals surface area contributed by atoms with Gasteiger partial charge in [-0.2, -0.15) is 0 Å². The van der Waals surface area contributed by atoms with Crippen molar-refractivity contribution in [3.8, 4) is 0 Å². The van der Waals surface area contributed by atoms with E-state index in [2.05, 4.69) is 6.92 Å². The molecule has 0 aliphatic carbocycles. The van der Waals surface area contributed by atoms with Gasteiger partial charge in [0.15, 0.2) is 0 Å². The lowest BCUT2D eigenvalue weighted by atomic mass is 9.79. The lowest BCUT2D eigenvalue weighted by Crippen LogP contribution is -2.26. The monoisotopic (exact) mass is 283 g/mol. The van der Waals surface area contributed by atoms with Crippen molar-refractivity contribution in [1.29, 1.82) is 0 Å². The molecule has 0 aliphatic heterocycles. The van der Waals surface area contributed by atoms with Crippen molar-refractivity contribution in [2.45, 2.75) is 52.4 Å². The van der Waals surface area contributed by atoms with Crippen LogP contribution >= 0.6 is 7.60 Å². The van der Waals surface area contributed by atoms with Gasteiger partial charge in [-0.3, -0.25) is 4.57 Å². The second kappa shape index (κ2) is 4.73. The van der Waals surface area contributed by atoms with E-state index in [1.807, 2.05) is 47.6 Å². The molecule has 0 saturated carbocycles. The molecule has 2 N–H and O–H groups in total. The molecule has 0 amide bonds. The molecular formula is C15H24O3P. The molecule has 0 heterocycles. The summed E-state index contributed by atoms with van der Waals surface area (Å²) in [5.74, 6) is 0. The molecular weight excluding hydrogens is 259 g/mol. The van der Waals surface area contributed by atoms with Crippen LogP contribution in [0.25, 0.3) is 0 Å². The zero-order chi connectivity index (χ0) is 15.2. The summed E-state index contributed by atoms with van der Waals surface area (Å²) in [6, 6.07) is 3.44. The second-order valence-corrected chi connectivity index (χ2v) is 8.64. The second-order valence-electron chi connectivity index (χ2n) is 7.07. The third-order valence-electron chi connectivity index (χ3n) is 3.15. The Bertz CT molecular complexity index is 528. The lowest BCUT2D eigenvalue weighted by Gasteiger charge is -2.29. The summed E-state index contributed by atoms with van der Waals surface area (Å²) in [6.45, 7) is 15.9. The molecule has 1 aromatic rings. The van der Waals surface area contributed by atoms with E-state index in [0.717, 1.165) is 11.1 Å². The fourth-order valence-electron chi connectivity index (χ4n) is 2.17. The molecule has 0 aliphatic rings. The normalized spacial score (nSPS) is 13.7. The molecule has 1 rings (SSSR count). The lowest BCUT2D eigenvalue weighted by molar-refractivity contribution is 0.386. The molecule has 0 unspecified atom stereocenters. The molecule has 107 valence electrons. The highest BCUT2D eigenvalue weighted by molar-refractivity contribution is 7.60. The van der Waals surface area contributed by atoms with Gasteiger partial charge in [0.05, 0.1) is 5.30 Å². The standard InChI is InChI=1S/C15H24O3P/c1-10-8-12(15(5,6)7)13(19(16,17)18)9-11(10)14(2,3)4/h8-9H,1H2,2-7H3,(H2,16,17,18). The summed E-state index contributed by atoms with van der Waals surface area (Å²) in [6.07, 6.45) is 0. The van der Waals surface area contributed by atoms with Crippen LogP contribution in [0.3, 0.4) is 0 Å². The zero-order valence-electron chi connectivity index (χ0n) is 12.6. The van der Waals surface area contributed by atoms with Crippen LogP contribution in [0, 0.1) is 6.92 Å². The molecule has 4 heteroatoms. The molecule has 19 heavy (non-hydrogen) atoms. The summed E-state index contributed by atoms with van der Waals surface area (Å²) in [7, 11) is -4.30. The van der Waals surface area contributed by atoms with Gasteiger partial charge in [-0.25, -0.2) is 0 Å². The SMILES string of the molecule is [CH2]c1cc(C(C)(C)C)c(P(=O)(O)O)cc1C(C)(C)C. The number of benzene rings is 1. The van der Waals surface area contributed by atoms with E-state index in [9.17, 15) is 14.4 Å². The first-order valence-electron chi connectivity index (χ1n) is 6.31. The minimum Gasteiger partial charge on any atom is -0.321 e. The average Bonchev–Trinajstić information content (AvgIpc) is 2.11. The third kappa shape index (κ3) is 3.68. The van der Waals surface area contributed by atoms with Gasteiger partial charge in [0.25, 0.3) is 0 Å². The third-order valence-corrected chi connectivity index (χ3v) is 4.15. The van der Waals surface area contributed by atoms with Crippen LogP contribution in [-0.4, -0.2) is 9.79 Å². The molecule has 0 fully saturated rings. The summed E-state index contributed by atoms with van der Waals surface area (Å²) in [5.41, 5.74) is 1.84. The minimum absolute atomic E-state index is 0.123. The first kappa shape index (κ1) is 16.4. The first-order valence-corrected chi connectivity index (χ1v) is 7.93. The van der Waals surface area contributed by atoms with Crippen molar-refractivity contribution in [1.82, 2.24) is 0 Å². The van der Waals surface area contributed by atoms with E-state index >= 15 is 0 Å². The molecule has 1 aromatic carbocycles. The maximum Gasteiger partial charge on any atom is 0.356 e. The predicted molar refractivity (Wildman–Crippen MR) is 80.0 cm³/mol. The highest BCUT2D eigenvalue weighted by atomic mass is 31.2. The number of hydrogen-bond donors (Lipinski definition) is 2. The van der Waals surface area contributed by atoms with Crippen molar-refractivity contribution < 1.29 is 14.4 Å². The van der Waals surface area contributed by atoms with Crippen LogP contribution in [0.2, 0.25) is 0 Å². The average molecular weight is 283 g/mol. The molecule has 1 radical (unpaired) electrons. The van der Waals surface area contributed by atoms with Crippen LogP contribution in [0.5, 0.6) is 0 Å². The predicted octanol–water partition coefficient (Wildman–Crippen LogP) is 3.27. The summed E-state index contributed by atoms with van der Waals surface area (Å²) >= 11 is 0. The van der Waals surface area contributed by atoms with Crippen molar-refractivity contribution in [3.63, 3.8) is 0 Å². The molecule has 3 nitrogen and oxygen atoms in total. The molecule has 0 saturated heterocycles. The molecule has 0 aromatic heterocycles. The zero-order valence-corrected chi connectivity index (χ0v) is 13.5. The van der Waals surface area contributed by atoms with Gasteiger partial charge in [-0.1, -0.05) is 47.6 Å². The van der Waals surface area contributed by atoms with Crippen molar-refractivity contribution in [3.05, 3.63) is 35.7 Å². The summed E-state index contributed by atoms with van der Waals surface area (Å²) in [4.78, 5) is 19.2. The molecule has 0 spiro atoms. The Hall–Kier alpha value is -0.630. The van der Waals surface area contributed by atoms with E-state index in [0.29, 0.717) is 5.56 Å². The summed E-state index contributed by atoms with van der Waals surface area (Å²) in [5, 5.41) is 0.123. The van der Waals surface area contributed by atoms with Gasteiger partial charge >= 0.3 is 7.60 Å². The van der Waals surface area contributed by atoms with Crippen molar-refractivity contribution in [2.24, 2.45) is 0 Å². The van der Waals surface area contributed by atoms with E-state index in [1.165, 1.54) is 0 Å². The van der Waals surface area contributed by atoms with Crippen LogP contribution in [0.1, 0.15) is 58.2 Å². The largest absolute Gasteiger partial charge is 0.356 e. The van der Waals surface area contributed by atoms with Gasteiger partial charge in [0.1, 0.15) is 0 Å². The Morgan fingerprint density at radius 3 is 1.68 bits per heavy atom. The minimum atomic E-state index is -4.30.